The summed E-state index contributed by atoms with van der Waals surface area (Å²) in [6.07, 6.45) is 0.861. The first-order valence-electron chi connectivity index (χ1n) is 9.94. The van der Waals surface area contributed by atoms with Crippen LogP contribution in [0.4, 0.5) is 16.5 Å². The van der Waals surface area contributed by atoms with Crippen molar-refractivity contribution in [3.63, 3.8) is 0 Å². The van der Waals surface area contributed by atoms with Crippen LogP contribution in [0.15, 0.2) is 54.6 Å². The lowest BCUT2D eigenvalue weighted by Crippen LogP contribution is -2.28. The summed E-state index contributed by atoms with van der Waals surface area (Å²) in [5.41, 5.74) is 1.47. The molecule has 0 spiro atoms. The Morgan fingerprint density at radius 1 is 1.06 bits per heavy atom. The van der Waals surface area contributed by atoms with Gasteiger partial charge in [0, 0.05) is 18.7 Å². The number of para-hydroxylation sites is 2. The molecule has 8 nitrogen and oxygen atoms in total. The maximum Gasteiger partial charge on any atom is 0.259 e. The molecule has 1 aromatic heterocycles. The lowest BCUT2D eigenvalue weighted by molar-refractivity contribution is -0.122. The Kier molecular flexibility index (Phi) is 6.03. The fourth-order valence-electron chi connectivity index (χ4n) is 3.38. The monoisotopic (exact) mass is 435 g/mol. The van der Waals surface area contributed by atoms with Crippen molar-refractivity contribution in [2.24, 2.45) is 5.92 Å². The maximum absolute atomic E-state index is 12.9. The average molecular weight is 436 g/mol. The third kappa shape index (κ3) is 4.61. The Labute approximate surface area is 183 Å². The van der Waals surface area contributed by atoms with Crippen molar-refractivity contribution in [3.8, 4) is 0 Å². The molecule has 2 N–H and O–H groups in total. The Bertz CT molecular complexity index is 1120. The van der Waals surface area contributed by atoms with Gasteiger partial charge in [0.25, 0.3) is 5.91 Å². The van der Waals surface area contributed by atoms with Crippen LogP contribution in [0.3, 0.4) is 0 Å². The lowest BCUT2D eigenvalue weighted by Gasteiger charge is -2.17. The highest BCUT2D eigenvalue weighted by Gasteiger charge is 2.35. The smallest absolute Gasteiger partial charge is 0.259 e. The van der Waals surface area contributed by atoms with E-state index in [2.05, 4.69) is 20.8 Å². The van der Waals surface area contributed by atoms with Crippen molar-refractivity contribution in [1.82, 2.24) is 10.2 Å². The molecule has 1 saturated heterocycles. The molecule has 3 aromatic rings. The first-order valence-corrected chi connectivity index (χ1v) is 10.8. The fraction of sp³-hybridized carbons (Fsp3) is 0.227. The molecule has 1 fully saturated rings. The van der Waals surface area contributed by atoms with E-state index in [1.165, 1.54) is 11.3 Å². The number of carbonyl (C=O) groups is 3. The van der Waals surface area contributed by atoms with E-state index >= 15 is 0 Å². The third-order valence-corrected chi connectivity index (χ3v) is 5.97. The van der Waals surface area contributed by atoms with Crippen LogP contribution in [0.5, 0.6) is 0 Å². The highest BCUT2D eigenvalue weighted by molar-refractivity contribution is 7.15. The molecule has 1 aliphatic rings. The van der Waals surface area contributed by atoms with Crippen molar-refractivity contribution in [1.29, 1.82) is 0 Å². The Morgan fingerprint density at radius 2 is 1.81 bits per heavy atom. The summed E-state index contributed by atoms with van der Waals surface area (Å²) >= 11 is 1.31. The molecule has 158 valence electrons. The number of nitrogens with one attached hydrogen (secondary N) is 2. The number of nitrogens with zero attached hydrogens (tertiary/aromatic N) is 3. The molecule has 3 amide bonds. The van der Waals surface area contributed by atoms with Crippen LogP contribution in [0.25, 0.3) is 0 Å². The van der Waals surface area contributed by atoms with Gasteiger partial charge >= 0.3 is 0 Å². The number of aryl methyl sites for hydroxylation is 1. The zero-order chi connectivity index (χ0) is 21.8. The number of anilines is 3. The van der Waals surface area contributed by atoms with Gasteiger partial charge in [-0.05, 0) is 30.7 Å². The van der Waals surface area contributed by atoms with E-state index in [1.807, 2.05) is 37.3 Å². The summed E-state index contributed by atoms with van der Waals surface area (Å²) in [5.74, 6) is -1.28. The van der Waals surface area contributed by atoms with Gasteiger partial charge in [-0.2, -0.15) is 0 Å². The van der Waals surface area contributed by atoms with E-state index in [0.29, 0.717) is 22.9 Å². The van der Waals surface area contributed by atoms with Gasteiger partial charge in [0.15, 0.2) is 0 Å². The highest BCUT2D eigenvalue weighted by Crippen LogP contribution is 2.27. The van der Waals surface area contributed by atoms with Crippen LogP contribution in [0, 0.1) is 5.92 Å². The second kappa shape index (κ2) is 9.05. The highest BCUT2D eigenvalue weighted by atomic mass is 32.1. The molecule has 0 aliphatic carbocycles. The first-order chi connectivity index (χ1) is 15.0. The van der Waals surface area contributed by atoms with Gasteiger partial charge in [0.2, 0.25) is 16.9 Å². The zero-order valence-corrected chi connectivity index (χ0v) is 17.7. The number of carbonyl (C=O) groups excluding carboxylic acids is 3. The Morgan fingerprint density at radius 3 is 2.55 bits per heavy atom. The van der Waals surface area contributed by atoms with Gasteiger partial charge in [-0.15, -0.1) is 10.2 Å². The van der Waals surface area contributed by atoms with Crippen LogP contribution in [-0.4, -0.2) is 34.5 Å². The van der Waals surface area contributed by atoms with Crippen molar-refractivity contribution in [2.75, 3.05) is 22.1 Å². The van der Waals surface area contributed by atoms with Crippen LogP contribution < -0.4 is 15.5 Å². The molecule has 0 unspecified atom stereocenters. The minimum Gasteiger partial charge on any atom is -0.325 e. The normalized spacial score (nSPS) is 15.7. The van der Waals surface area contributed by atoms with E-state index < -0.39 is 5.92 Å². The van der Waals surface area contributed by atoms with E-state index in [1.54, 1.807) is 29.2 Å². The molecule has 4 rings (SSSR count). The maximum atomic E-state index is 12.9. The summed E-state index contributed by atoms with van der Waals surface area (Å²) in [5, 5.41) is 14.7. The van der Waals surface area contributed by atoms with Gasteiger partial charge in [-0.3, -0.25) is 19.7 Å². The summed E-state index contributed by atoms with van der Waals surface area (Å²) < 4.78 is 0. The van der Waals surface area contributed by atoms with Crippen LogP contribution >= 0.6 is 11.3 Å². The number of aromatic nitrogens is 2. The number of amides is 3. The molecule has 1 aliphatic heterocycles. The summed E-state index contributed by atoms with van der Waals surface area (Å²) in [6.45, 7) is 2.26. The minimum absolute atomic E-state index is 0.0969. The quantitative estimate of drug-likeness (QED) is 0.618. The minimum atomic E-state index is -0.501. The van der Waals surface area contributed by atoms with Gasteiger partial charge in [0.05, 0.1) is 17.2 Å². The molecular formula is C22H21N5O3S. The molecule has 2 aromatic carbocycles. The van der Waals surface area contributed by atoms with Gasteiger partial charge in [0.1, 0.15) is 5.01 Å². The predicted molar refractivity (Wildman–Crippen MR) is 119 cm³/mol. The van der Waals surface area contributed by atoms with Crippen molar-refractivity contribution in [3.05, 3.63) is 65.2 Å². The second-order valence-corrected chi connectivity index (χ2v) is 8.15. The first kappa shape index (κ1) is 20.7. The SMILES string of the molecule is CCc1nnc(NC(=O)c2ccccc2NC(=O)[C@H]2CC(=O)N(c3ccccc3)C2)s1. The van der Waals surface area contributed by atoms with Gasteiger partial charge < -0.3 is 10.2 Å². The number of rotatable bonds is 6. The number of hydrogen-bond acceptors (Lipinski definition) is 6. The molecule has 0 bridgehead atoms. The van der Waals surface area contributed by atoms with E-state index in [9.17, 15) is 14.4 Å². The van der Waals surface area contributed by atoms with Crippen LogP contribution in [0.1, 0.15) is 28.7 Å². The lowest BCUT2D eigenvalue weighted by atomic mass is 10.1. The average Bonchev–Trinajstić information content (AvgIpc) is 3.41. The Balaban J connectivity index is 1.45. The Hall–Kier alpha value is -3.59. The van der Waals surface area contributed by atoms with Crippen LogP contribution in [0.2, 0.25) is 0 Å². The van der Waals surface area contributed by atoms with Gasteiger partial charge in [-0.25, -0.2) is 0 Å². The predicted octanol–water partition coefficient (Wildman–Crippen LogP) is 3.34. The molecule has 0 radical (unpaired) electrons. The topological polar surface area (TPSA) is 104 Å². The fourth-order valence-corrected chi connectivity index (χ4v) is 4.05. The van der Waals surface area contributed by atoms with Crippen molar-refractivity contribution in [2.45, 2.75) is 19.8 Å². The van der Waals surface area contributed by atoms with Crippen molar-refractivity contribution >= 4 is 45.6 Å². The van der Waals surface area contributed by atoms with E-state index in [4.69, 9.17) is 0 Å². The molecular weight excluding hydrogens is 414 g/mol. The molecule has 9 heteroatoms. The number of hydrogen-bond donors (Lipinski definition) is 2. The molecule has 1 atom stereocenters. The summed E-state index contributed by atoms with van der Waals surface area (Å²) in [4.78, 5) is 39.6. The van der Waals surface area contributed by atoms with Crippen molar-refractivity contribution < 1.29 is 14.4 Å². The largest absolute Gasteiger partial charge is 0.325 e. The molecule has 2 heterocycles. The molecule has 0 saturated carbocycles. The van der Waals surface area contributed by atoms with E-state index in [0.717, 1.165) is 17.1 Å². The zero-order valence-electron chi connectivity index (χ0n) is 16.9. The summed E-state index contributed by atoms with van der Waals surface area (Å²) in [6, 6.07) is 16.0. The van der Waals surface area contributed by atoms with Gasteiger partial charge in [-0.1, -0.05) is 48.6 Å². The molecule has 31 heavy (non-hydrogen) atoms. The second-order valence-electron chi connectivity index (χ2n) is 7.08. The van der Waals surface area contributed by atoms with Crippen LogP contribution in [-0.2, 0) is 16.0 Å². The number of benzene rings is 2. The summed E-state index contributed by atoms with van der Waals surface area (Å²) in [7, 11) is 0. The standard InChI is InChI=1S/C22H21N5O3S/c1-2-18-25-26-22(31-18)24-21(30)16-10-6-7-11-17(16)23-20(29)14-12-19(28)27(13-14)15-8-4-3-5-9-15/h3-11,14H,2,12-13H2,1H3,(H,23,29)(H,24,26,30)/t14-/m0/s1. The third-order valence-electron chi connectivity index (χ3n) is 4.98. The van der Waals surface area contributed by atoms with E-state index in [-0.39, 0.29) is 24.1 Å².